The minimum atomic E-state index is -0.262. The van der Waals surface area contributed by atoms with Gasteiger partial charge in [-0.15, -0.1) is 0 Å². The third-order valence-corrected chi connectivity index (χ3v) is 3.71. The van der Waals surface area contributed by atoms with Gasteiger partial charge in [-0.2, -0.15) is 0 Å². The summed E-state index contributed by atoms with van der Waals surface area (Å²) in [5.74, 6) is 0. The van der Waals surface area contributed by atoms with Crippen molar-refractivity contribution in [2.24, 2.45) is 0 Å². The number of hydrogen-bond donors (Lipinski definition) is 0. The van der Waals surface area contributed by atoms with Gasteiger partial charge in [0, 0.05) is 6.20 Å². The molecule has 2 rings (SSSR count). The third kappa shape index (κ3) is 1.49. The average molecular weight is 211 g/mol. The Labute approximate surface area is 88.7 Å². The number of nitrogens with zero attached hydrogens (tertiary/aromatic N) is 1. The van der Waals surface area contributed by atoms with Gasteiger partial charge in [0.05, 0.1) is 16.0 Å². The average Bonchev–Trinajstić information content (AvgIpc) is 2.58. The zero-order chi connectivity index (χ0) is 10.4. The molecule has 76 valence electrons. The molecule has 0 radical (unpaired) electrons. The smallest absolute Gasteiger partial charge is 0.399 e. The molecule has 1 aliphatic rings. The van der Waals surface area contributed by atoms with Crippen LogP contribution in [0.25, 0.3) is 0 Å². The molecule has 1 aliphatic heterocycles. The molecule has 0 unspecified atom stereocenters. The molecule has 1 fully saturated rings. The summed E-state index contributed by atoms with van der Waals surface area (Å²) in [5.41, 5.74) is -0.524. The fraction of sp³-hybridized carbons (Fsp3) is 0.667. The summed E-state index contributed by atoms with van der Waals surface area (Å²) in [6.45, 7) is 8.20. The second kappa shape index (κ2) is 3.05. The van der Waals surface area contributed by atoms with Crippen LogP contribution in [0.5, 0.6) is 0 Å². The van der Waals surface area contributed by atoms with Crippen molar-refractivity contribution < 1.29 is 9.31 Å². The normalized spacial score (nSPS) is 24.1. The van der Waals surface area contributed by atoms with Crippen molar-refractivity contribution in [1.82, 2.24) is 4.37 Å². The zero-order valence-corrected chi connectivity index (χ0v) is 9.72. The van der Waals surface area contributed by atoms with E-state index in [1.54, 1.807) is 6.20 Å². The summed E-state index contributed by atoms with van der Waals surface area (Å²) in [6.07, 6.45) is 1.77. The molecule has 1 saturated heterocycles. The molecular formula is C9H14BNO2S. The monoisotopic (exact) mass is 211 g/mol. The fourth-order valence-electron chi connectivity index (χ4n) is 1.31. The molecule has 0 aromatic carbocycles. The molecule has 1 aromatic rings. The van der Waals surface area contributed by atoms with Gasteiger partial charge >= 0.3 is 7.12 Å². The van der Waals surface area contributed by atoms with Crippen molar-refractivity contribution in [2.75, 3.05) is 0 Å². The van der Waals surface area contributed by atoms with Crippen LogP contribution < -0.4 is 4.78 Å². The van der Waals surface area contributed by atoms with Gasteiger partial charge in [0.15, 0.2) is 0 Å². The molecule has 0 N–H and O–H groups in total. The molecule has 2 heterocycles. The first-order chi connectivity index (χ1) is 6.42. The first kappa shape index (κ1) is 10.1. The Bertz CT molecular complexity index is 308. The Morgan fingerprint density at radius 1 is 1.21 bits per heavy atom. The van der Waals surface area contributed by atoms with Crippen molar-refractivity contribution in [2.45, 2.75) is 38.9 Å². The van der Waals surface area contributed by atoms with E-state index in [2.05, 4.69) is 4.37 Å². The van der Waals surface area contributed by atoms with E-state index in [0.29, 0.717) is 0 Å². The maximum Gasteiger partial charge on any atom is 0.507 e. The van der Waals surface area contributed by atoms with Crippen LogP contribution in [0.15, 0.2) is 12.3 Å². The predicted molar refractivity (Wildman–Crippen MR) is 57.8 cm³/mol. The van der Waals surface area contributed by atoms with Crippen molar-refractivity contribution >= 4 is 23.4 Å². The highest BCUT2D eigenvalue weighted by atomic mass is 32.1. The van der Waals surface area contributed by atoms with Crippen LogP contribution in [0, 0.1) is 0 Å². The molecule has 5 heteroatoms. The summed E-state index contributed by atoms with van der Waals surface area (Å²) in [4.78, 5) is 0. The topological polar surface area (TPSA) is 31.4 Å². The van der Waals surface area contributed by atoms with E-state index in [1.807, 2.05) is 33.8 Å². The maximum absolute atomic E-state index is 5.86. The highest BCUT2D eigenvalue weighted by Gasteiger charge is 2.52. The van der Waals surface area contributed by atoms with Gasteiger partial charge in [-0.25, -0.2) is 4.37 Å². The minimum Gasteiger partial charge on any atom is -0.399 e. The Morgan fingerprint density at radius 2 is 1.79 bits per heavy atom. The van der Waals surface area contributed by atoms with Gasteiger partial charge in [-0.1, -0.05) is 0 Å². The number of aromatic nitrogens is 1. The minimum absolute atomic E-state index is 0.257. The van der Waals surface area contributed by atoms with Gasteiger partial charge in [0.1, 0.15) is 0 Å². The first-order valence-corrected chi connectivity index (χ1v) is 5.46. The van der Waals surface area contributed by atoms with E-state index in [0.717, 1.165) is 4.78 Å². The number of rotatable bonds is 1. The van der Waals surface area contributed by atoms with E-state index in [-0.39, 0.29) is 18.3 Å². The highest BCUT2D eigenvalue weighted by molar-refractivity contribution is 7.17. The van der Waals surface area contributed by atoms with Gasteiger partial charge in [-0.05, 0) is 45.3 Å². The lowest BCUT2D eigenvalue weighted by Crippen LogP contribution is -2.41. The molecule has 14 heavy (non-hydrogen) atoms. The van der Waals surface area contributed by atoms with Crippen LogP contribution in [0.1, 0.15) is 27.7 Å². The molecule has 0 atom stereocenters. The predicted octanol–water partition coefficient (Wildman–Crippen LogP) is 1.44. The van der Waals surface area contributed by atoms with Gasteiger partial charge in [0.2, 0.25) is 0 Å². The lowest BCUT2D eigenvalue weighted by molar-refractivity contribution is 0.00578. The Kier molecular flexibility index (Phi) is 2.21. The summed E-state index contributed by atoms with van der Waals surface area (Å²) in [5, 5.41) is 0. The first-order valence-electron chi connectivity index (χ1n) is 4.69. The summed E-state index contributed by atoms with van der Waals surface area (Å²) >= 11 is 1.42. The van der Waals surface area contributed by atoms with Gasteiger partial charge in [-0.3, -0.25) is 0 Å². The zero-order valence-electron chi connectivity index (χ0n) is 8.90. The molecule has 0 saturated carbocycles. The Hall–Kier alpha value is -0.385. The van der Waals surface area contributed by atoms with Crippen molar-refractivity contribution in [1.29, 1.82) is 0 Å². The lowest BCUT2D eigenvalue weighted by atomic mass is 9.88. The molecule has 0 spiro atoms. The molecular weight excluding hydrogens is 197 g/mol. The summed E-state index contributed by atoms with van der Waals surface area (Å²) in [6, 6.07) is 1.94. The summed E-state index contributed by atoms with van der Waals surface area (Å²) in [7, 11) is -0.257. The van der Waals surface area contributed by atoms with Crippen molar-refractivity contribution in [3.05, 3.63) is 12.3 Å². The maximum atomic E-state index is 5.86. The SMILES string of the molecule is CC1(C)OB(c2ccns2)OC1(C)C. The van der Waals surface area contributed by atoms with Gasteiger partial charge in [0.25, 0.3) is 0 Å². The Balaban J connectivity index is 2.22. The molecule has 0 amide bonds. The van der Waals surface area contributed by atoms with Crippen molar-refractivity contribution in [3.63, 3.8) is 0 Å². The van der Waals surface area contributed by atoms with E-state index in [4.69, 9.17) is 9.31 Å². The van der Waals surface area contributed by atoms with E-state index in [9.17, 15) is 0 Å². The van der Waals surface area contributed by atoms with E-state index in [1.165, 1.54) is 11.5 Å². The van der Waals surface area contributed by atoms with Gasteiger partial charge < -0.3 is 9.31 Å². The summed E-state index contributed by atoms with van der Waals surface area (Å²) < 4.78 is 16.8. The molecule has 0 aliphatic carbocycles. The second-order valence-electron chi connectivity index (χ2n) is 4.50. The standard InChI is InChI=1S/C9H14BNO2S/c1-8(2)9(3,4)13-10(12-8)7-5-6-11-14-7/h5-6H,1-4H3. The second-order valence-corrected chi connectivity index (χ2v) is 5.37. The molecule has 0 bridgehead atoms. The molecule has 1 aromatic heterocycles. The van der Waals surface area contributed by atoms with Crippen LogP contribution in [0.4, 0.5) is 0 Å². The molecule has 3 nitrogen and oxygen atoms in total. The highest BCUT2D eigenvalue weighted by Crippen LogP contribution is 2.36. The Morgan fingerprint density at radius 3 is 2.21 bits per heavy atom. The van der Waals surface area contributed by atoms with Crippen LogP contribution in [-0.2, 0) is 9.31 Å². The van der Waals surface area contributed by atoms with Crippen LogP contribution in [0.3, 0.4) is 0 Å². The van der Waals surface area contributed by atoms with Crippen LogP contribution >= 0.6 is 11.5 Å². The third-order valence-electron chi connectivity index (χ3n) is 2.94. The van der Waals surface area contributed by atoms with Crippen LogP contribution in [-0.4, -0.2) is 22.7 Å². The number of hydrogen-bond acceptors (Lipinski definition) is 4. The fourth-order valence-corrected chi connectivity index (χ4v) is 1.85. The van der Waals surface area contributed by atoms with Crippen molar-refractivity contribution in [3.8, 4) is 0 Å². The quantitative estimate of drug-likeness (QED) is 0.658. The van der Waals surface area contributed by atoms with E-state index < -0.39 is 0 Å². The van der Waals surface area contributed by atoms with E-state index >= 15 is 0 Å². The largest absolute Gasteiger partial charge is 0.507 e. The van der Waals surface area contributed by atoms with Crippen LogP contribution in [0.2, 0.25) is 0 Å². The lowest BCUT2D eigenvalue weighted by Gasteiger charge is -2.32.